The summed E-state index contributed by atoms with van der Waals surface area (Å²) in [5, 5.41) is 28.3. The number of ether oxygens (including phenoxy) is 6. The molecule has 1 saturated heterocycles. The second kappa shape index (κ2) is 18.5. The number of Topliss-reactive ketones (excluding diaryl/α,β-unsaturated/α-hetero) is 2. The summed E-state index contributed by atoms with van der Waals surface area (Å²) in [7, 11) is 0. The number of aliphatic hydroxyl groups is 2. The minimum atomic E-state index is -2.48. The van der Waals surface area contributed by atoms with Crippen LogP contribution in [0, 0.1) is 28.6 Å². The molecule has 2 aromatic carbocycles. The fourth-order valence-corrected chi connectivity index (χ4v) is 11.0. The summed E-state index contributed by atoms with van der Waals surface area (Å²) >= 11 is 0. The fraction of sp³-hybridized carbons (Fsp3) is 0.540. The quantitative estimate of drug-likeness (QED) is 0.119. The van der Waals surface area contributed by atoms with E-state index in [4.69, 9.17) is 28.4 Å². The molecule has 3 N–H and O–H groups in total. The maximum Gasteiger partial charge on any atom is 0.408 e. The number of nitrogens with zero attached hydrogens (tertiary/aromatic N) is 1. The van der Waals surface area contributed by atoms with Gasteiger partial charge in [-0.1, -0.05) is 69.3 Å². The largest absolute Gasteiger partial charge is 0.459 e. The molecule has 4 fully saturated rings. The standard InChI is InChI=1S/C50H58N2O17/c1-26-30(65-44(61)39(66-35(57)21-22-52-33(55)19-20-34(52)56)37(28-15-11-9-12-16-28)51-45(62)69-46(3,4)5)24-50(63)42(67-43(60)29-17-13-10-14-18-29)40-48(8,41(59)38(58)36(26)47(50,6)7)31(54)23-32-49(40,25-64-32)68-27(2)53/h9-20,26,30-32,36-37,39-40,42,54,63H,21-25H2,1-8H3,(H,51,62)/t26?,30?,31-,32+,36?,37?,39?,40?,42?,48+,49-,50+/m0/s1. The molecule has 19 heteroatoms. The highest BCUT2D eigenvalue weighted by atomic mass is 16.6. The van der Waals surface area contributed by atoms with Crippen molar-refractivity contribution in [2.45, 2.75) is 128 Å². The molecule has 2 heterocycles. The van der Waals surface area contributed by atoms with E-state index in [9.17, 15) is 39.0 Å². The maximum atomic E-state index is 15.1. The summed E-state index contributed by atoms with van der Waals surface area (Å²) in [6, 6.07) is 14.0. The van der Waals surface area contributed by atoms with Crippen LogP contribution in [-0.2, 0) is 62.0 Å². The number of alkyl carbamates (subject to hydrolysis) is 1. The molecular weight excluding hydrogens is 901 g/mol. The van der Waals surface area contributed by atoms with Crippen molar-refractivity contribution in [2.24, 2.45) is 28.6 Å². The zero-order valence-corrected chi connectivity index (χ0v) is 39.6. The Morgan fingerprint density at radius 1 is 0.913 bits per heavy atom. The first-order valence-electron chi connectivity index (χ1n) is 22.8. The van der Waals surface area contributed by atoms with Gasteiger partial charge in [-0.25, -0.2) is 14.4 Å². The zero-order chi connectivity index (χ0) is 50.6. The van der Waals surface area contributed by atoms with Gasteiger partial charge >= 0.3 is 30.0 Å². The van der Waals surface area contributed by atoms with Crippen molar-refractivity contribution in [3.63, 3.8) is 0 Å². The molecule has 2 aromatic rings. The number of hydrogen-bond acceptors (Lipinski definition) is 17. The van der Waals surface area contributed by atoms with Gasteiger partial charge in [0.2, 0.25) is 17.7 Å². The number of amides is 3. The van der Waals surface area contributed by atoms with E-state index in [-0.39, 0.29) is 24.2 Å². The predicted molar refractivity (Wildman–Crippen MR) is 237 cm³/mol. The van der Waals surface area contributed by atoms with Crippen LogP contribution in [0.3, 0.4) is 0 Å². The lowest BCUT2D eigenvalue weighted by molar-refractivity contribution is -0.350. The maximum absolute atomic E-state index is 15.1. The van der Waals surface area contributed by atoms with Crippen molar-refractivity contribution in [1.29, 1.82) is 0 Å². The van der Waals surface area contributed by atoms with Gasteiger partial charge in [-0.05, 0) is 45.4 Å². The third-order valence-corrected chi connectivity index (χ3v) is 14.6. The lowest BCUT2D eigenvalue weighted by Gasteiger charge is -2.67. The summed E-state index contributed by atoms with van der Waals surface area (Å²) in [5.41, 5.74) is -8.97. The van der Waals surface area contributed by atoms with Gasteiger partial charge in [-0.15, -0.1) is 0 Å². The van der Waals surface area contributed by atoms with Crippen molar-refractivity contribution < 1.29 is 81.8 Å². The molecule has 370 valence electrons. The Kier molecular flexibility index (Phi) is 13.6. The smallest absolute Gasteiger partial charge is 0.408 e. The third-order valence-electron chi connectivity index (χ3n) is 14.6. The average Bonchev–Trinajstić information content (AvgIpc) is 3.60. The van der Waals surface area contributed by atoms with Gasteiger partial charge < -0.3 is 44.0 Å². The average molecular weight is 959 g/mol. The number of aliphatic hydroxyl groups excluding tert-OH is 1. The van der Waals surface area contributed by atoms with E-state index in [1.165, 1.54) is 52.0 Å². The molecule has 69 heavy (non-hydrogen) atoms. The Bertz CT molecular complexity index is 2430. The normalized spacial score (nSPS) is 32.1. The van der Waals surface area contributed by atoms with E-state index >= 15 is 14.4 Å². The molecule has 7 unspecified atom stereocenters. The number of carbonyl (C=O) groups is 9. The Hall–Kier alpha value is -6.31. The molecule has 0 radical (unpaired) electrons. The molecular formula is C50H58N2O17. The molecule has 7 rings (SSSR count). The van der Waals surface area contributed by atoms with E-state index in [1.807, 2.05) is 0 Å². The van der Waals surface area contributed by atoms with Crippen LogP contribution in [-0.4, -0.2) is 129 Å². The van der Waals surface area contributed by atoms with Crippen LogP contribution in [0.1, 0.15) is 96.6 Å². The molecule has 3 aliphatic carbocycles. The number of hydrogen-bond donors (Lipinski definition) is 3. The number of ketones is 2. The van der Waals surface area contributed by atoms with Crippen LogP contribution in [0.25, 0.3) is 0 Å². The lowest BCUT2D eigenvalue weighted by Crippen LogP contribution is -2.82. The van der Waals surface area contributed by atoms with Gasteiger partial charge in [-0.2, -0.15) is 0 Å². The summed E-state index contributed by atoms with van der Waals surface area (Å²) in [4.78, 5) is 125. The topological polar surface area (TPSA) is 265 Å². The van der Waals surface area contributed by atoms with Gasteiger partial charge in [0.15, 0.2) is 5.60 Å². The summed E-state index contributed by atoms with van der Waals surface area (Å²) in [5.74, 6) is -12.0. The third kappa shape index (κ3) is 9.07. The van der Waals surface area contributed by atoms with Crippen LogP contribution < -0.4 is 5.32 Å². The van der Waals surface area contributed by atoms with Gasteiger partial charge in [0, 0.05) is 55.7 Å². The molecule has 5 aliphatic rings. The number of imide groups is 1. The molecule has 19 nitrogen and oxygen atoms in total. The molecule has 2 aliphatic heterocycles. The van der Waals surface area contributed by atoms with Gasteiger partial charge in [0.25, 0.3) is 11.8 Å². The highest BCUT2D eigenvalue weighted by Gasteiger charge is 2.79. The van der Waals surface area contributed by atoms with Gasteiger partial charge in [-0.3, -0.25) is 33.7 Å². The van der Waals surface area contributed by atoms with Crippen LogP contribution in [0.2, 0.25) is 0 Å². The molecule has 2 bridgehead atoms. The Morgan fingerprint density at radius 2 is 1.52 bits per heavy atom. The van der Waals surface area contributed by atoms with Crippen LogP contribution in [0.4, 0.5) is 4.79 Å². The lowest BCUT2D eigenvalue weighted by atomic mass is 9.42. The van der Waals surface area contributed by atoms with E-state index in [0.717, 1.165) is 24.0 Å². The van der Waals surface area contributed by atoms with Crippen molar-refractivity contribution in [3.05, 3.63) is 83.9 Å². The number of esters is 4. The van der Waals surface area contributed by atoms with Gasteiger partial charge in [0.05, 0.1) is 36.0 Å². The SMILES string of the molecule is CC(=O)O[C@@]12CO[C@@H]1C[C@H](O)[C@@]1(C)C(=O)C(=O)C3C(C)C(OC(=O)C(OC(=O)CCN4C(=O)C=CC4=O)C(NC(=O)OC(C)(C)C)c4ccccc4)C[C@@](O)(C(OC(=O)c4ccccc4)C12)C3(C)C. The Balaban J connectivity index is 1.34. The first-order chi connectivity index (χ1) is 32.3. The molecule has 3 saturated carbocycles. The molecule has 3 amide bonds. The van der Waals surface area contributed by atoms with E-state index in [2.05, 4.69) is 5.32 Å². The van der Waals surface area contributed by atoms with E-state index < -0.39 is 155 Å². The van der Waals surface area contributed by atoms with Crippen LogP contribution in [0.5, 0.6) is 0 Å². The van der Waals surface area contributed by atoms with E-state index in [1.54, 1.807) is 57.2 Å². The van der Waals surface area contributed by atoms with Crippen molar-refractivity contribution >= 4 is 53.4 Å². The van der Waals surface area contributed by atoms with E-state index in [0.29, 0.717) is 0 Å². The summed E-state index contributed by atoms with van der Waals surface area (Å²) < 4.78 is 35.8. The summed E-state index contributed by atoms with van der Waals surface area (Å²) in [6.07, 6.45) is -8.68. The number of fused-ring (bicyclic) bond motifs is 5. The molecule has 12 atom stereocenters. The summed E-state index contributed by atoms with van der Waals surface area (Å²) in [6.45, 7) is 11.0. The second-order valence-corrected chi connectivity index (χ2v) is 20.3. The minimum Gasteiger partial charge on any atom is -0.459 e. The highest BCUT2D eigenvalue weighted by molar-refractivity contribution is 6.40. The van der Waals surface area contributed by atoms with Crippen molar-refractivity contribution in [2.75, 3.05) is 13.2 Å². The van der Waals surface area contributed by atoms with Crippen LogP contribution in [0.15, 0.2) is 72.8 Å². The molecule has 0 aromatic heterocycles. The van der Waals surface area contributed by atoms with Crippen molar-refractivity contribution in [1.82, 2.24) is 10.2 Å². The first-order valence-corrected chi connectivity index (χ1v) is 22.8. The molecule has 0 spiro atoms. The highest BCUT2D eigenvalue weighted by Crippen LogP contribution is 2.64. The van der Waals surface area contributed by atoms with Crippen molar-refractivity contribution in [3.8, 4) is 0 Å². The fourth-order valence-electron chi connectivity index (χ4n) is 11.0. The van der Waals surface area contributed by atoms with Crippen LogP contribution >= 0.6 is 0 Å². The Morgan fingerprint density at radius 3 is 2.09 bits per heavy atom. The number of carbonyl (C=O) groups excluding carboxylic acids is 9. The van der Waals surface area contributed by atoms with Gasteiger partial charge in [0.1, 0.15) is 35.6 Å². The predicted octanol–water partition coefficient (Wildman–Crippen LogP) is 3.27. The Labute approximate surface area is 398 Å². The second-order valence-electron chi connectivity index (χ2n) is 20.3. The number of rotatable bonds is 12. The zero-order valence-electron chi connectivity index (χ0n) is 39.6. The number of nitrogens with one attached hydrogen (secondary N) is 1. The minimum absolute atomic E-state index is 0.0249. The monoisotopic (exact) mass is 958 g/mol. The number of benzene rings is 2. The first kappa shape index (κ1) is 50.6.